The number of hydrogen-bond acceptors (Lipinski definition) is 5. The molecular formula is C18H21ClFN3O3. The SMILES string of the molecule is COc1ccccc1C1CNCCN1Cc1c(F)cccc1[N+](=O)[O-].Cl. The number of piperazine rings is 1. The summed E-state index contributed by atoms with van der Waals surface area (Å²) in [6.45, 7) is 2.25. The average Bonchev–Trinajstić information content (AvgIpc) is 2.63. The van der Waals surface area contributed by atoms with Crippen molar-refractivity contribution < 1.29 is 14.1 Å². The molecule has 2 aromatic carbocycles. The zero-order valence-corrected chi connectivity index (χ0v) is 15.2. The highest BCUT2D eigenvalue weighted by Gasteiger charge is 2.29. The first-order chi connectivity index (χ1) is 12.1. The van der Waals surface area contributed by atoms with Crippen molar-refractivity contribution >= 4 is 18.1 Å². The van der Waals surface area contributed by atoms with Crippen LogP contribution in [0.15, 0.2) is 42.5 Å². The third-order valence-corrected chi connectivity index (χ3v) is 4.50. The number of rotatable bonds is 5. The van der Waals surface area contributed by atoms with E-state index in [9.17, 15) is 14.5 Å². The van der Waals surface area contributed by atoms with Crippen LogP contribution in [0.25, 0.3) is 0 Å². The molecule has 0 spiro atoms. The maximum Gasteiger partial charge on any atom is 0.276 e. The van der Waals surface area contributed by atoms with Gasteiger partial charge in [-0.25, -0.2) is 4.39 Å². The van der Waals surface area contributed by atoms with E-state index in [1.807, 2.05) is 24.3 Å². The van der Waals surface area contributed by atoms with E-state index in [1.54, 1.807) is 7.11 Å². The molecule has 1 atom stereocenters. The van der Waals surface area contributed by atoms with E-state index in [1.165, 1.54) is 18.2 Å². The molecule has 0 saturated carbocycles. The molecule has 0 radical (unpaired) electrons. The molecule has 6 nitrogen and oxygen atoms in total. The van der Waals surface area contributed by atoms with Crippen molar-refractivity contribution in [2.24, 2.45) is 0 Å². The Morgan fingerprint density at radius 3 is 2.81 bits per heavy atom. The summed E-state index contributed by atoms with van der Waals surface area (Å²) in [4.78, 5) is 12.8. The van der Waals surface area contributed by atoms with Crippen LogP contribution in [0.4, 0.5) is 10.1 Å². The molecule has 1 unspecified atom stereocenters. The molecule has 2 aromatic rings. The highest BCUT2D eigenvalue weighted by atomic mass is 35.5. The number of methoxy groups -OCH3 is 1. The maximum atomic E-state index is 14.3. The molecule has 3 rings (SSSR count). The Hall–Kier alpha value is -2.22. The molecule has 26 heavy (non-hydrogen) atoms. The van der Waals surface area contributed by atoms with Crippen LogP contribution in [0.5, 0.6) is 5.75 Å². The number of nitro groups is 1. The van der Waals surface area contributed by atoms with Gasteiger partial charge in [0.05, 0.1) is 23.6 Å². The number of halogens is 2. The van der Waals surface area contributed by atoms with Gasteiger partial charge >= 0.3 is 0 Å². The van der Waals surface area contributed by atoms with Gasteiger partial charge in [-0.05, 0) is 12.1 Å². The number of hydrogen-bond donors (Lipinski definition) is 1. The first-order valence-corrected chi connectivity index (χ1v) is 8.11. The second-order valence-electron chi connectivity index (χ2n) is 5.93. The first kappa shape index (κ1) is 20.1. The number of nitrogens with zero attached hydrogens (tertiary/aromatic N) is 2. The van der Waals surface area contributed by atoms with E-state index < -0.39 is 10.7 Å². The maximum absolute atomic E-state index is 14.3. The summed E-state index contributed by atoms with van der Waals surface area (Å²) in [6.07, 6.45) is 0. The first-order valence-electron chi connectivity index (χ1n) is 8.11. The summed E-state index contributed by atoms with van der Waals surface area (Å²) in [6, 6.07) is 11.6. The number of ether oxygens (including phenoxy) is 1. The van der Waals surface area contributed by atoms with E-state index >= 15 is 0 Å². The Labute approximate surface area is 157 Å². The molecule has 0 aromatic heterocycles. The Bertz CT molecular complexity index is 775. The van der Waals surface area contributed by atoms with Crippen molar-refractivity contribution in [3.63, 3.8) is 0 Å². The average molecular weight is 382 g/mol. The lowest BCUT2D eigenvalue weighted by Gasteiger charge is -2.37. The van der Waals surface area contributed by atoms with Crippen LogP contribution in [0.3, 0.4) is 0 Å². The minimum absolute atomic E-state index is 0. The fourth-order valence-electron chi connectivity index (χ4n) is 3.26. The van der Waals surface area contributed by atoms with E-state index in [0.29, 0.717) is 13.1 Å². The molecule has 1 heterocycles. The Balaban J connectivity index is 0.00000243. The minimum atomic E-state index is -0.550. The monoisotopic (exact) mass is 381 g/mol. The predicted molar refractivity (Wildman–Crippen MR) is 99.3 cm³/mol. The van der Waals surface area contributed by atoms with Gasteiger partial charge in [-0.1, -0.05) is 24.3 Å². The van der Waals surface area contributed by atoms with Crippen molar-refractivity contribution in [2.45, 2.75) is 12.6 Å². The summed E-state index contributed by atoms with van der Waals surface area (Å²) < 4.78 is 19.7. The number of para-hydroxylation sites is 1. The van der Waals surface area contributed by atoms with Crippen LogP contribution in [-0.4, -0.2) is 36.6 Å². The van der Waals surface area contributed by atoms with Crippen molar-refractivity contribution in [1.29, 1.82) is 0 Å². The summed E-state index contributed by atoms with van der Waals surface area (Å²) in [7, 11) is 1.61. The van der Waals surface area contributed by atoms with E-state index in [0.717, 1.165) is 17.9 Å². The van der Waals surface area contributed by atoms with Gasteiger partial charge in [-0.2, -0.15) is 0 Å². The van der Waals surface area contributed by atoms with Gasteiger partial charge in [-0.3, -0.25) is 15.0 Å². The molecule has 1 saturated heterocycles. The molecule has 1 aliphatic heterocycles. The van der Waals surface area contributed by atoms with Crippen molar-refractivity contribution in [3.8, 4) is 5.75 Å². The van der Waals surface area contributed by atoms with Crippen LogP contribution < -0.4 is 10.1 Å². The molecule has 0 bridgehead atoms. The predicted octanol–water partition coefficient (Wildman–Crippen LogP) is 3.31. The molecule has 1 fully saturated rings. The molecule has 0 amide bonds. The summed E-state index contributed by atoms with van der Waals surface area (Å²) in [5.41, 5.74) is 0.919. The van der Waals surface area contributed by atoms with Crippen LogP contribution in [0.2, 0.25) is 0 Å². The second kappa shape index (κ2) is 8.93. The fraction of sp³-hybridized carbons (Fsp3) is 0.333. The van der Waals surface area contributed by atoms with Gasteiger partial charge in [0.1, 0.15) is 11.6 Å². The number of benzene rings is 2. The zero-order chi connectivity index (χ0) is 17.8. The van der Waals surface area contributed by atoms with Crippen molar-refractivity contribution in [2.75, 3.05) is 26.7 Å². The number of nitrogens with one attached hydrogen (secondary N) is 1. The highest BCUT2D eigenvalue weighted by molar-refractivity contribution is 5.85. The minimum Gasteiger partial charge on any atom is -0.496 e. The van der Waals surface area contributed by atoms with Gasteiger partial charge in [-0.15, -0.1) is 12.4 Å². The fourth-order valence-corrected chi connectivity index (χ4v) is 3.26. The topological polar surface area (TPSA) is 67.6 Å². The lowest BCUT2D eigenvalue weighted by Crippen LogP contribution is -2.45. The largest absolute Gasteiger partial charge is 0.496 e. The second-order valence-corrected chi connectivity index (χ2v) is 5.93. The Kier molecular flexibility index (Phi) is 6.90. The van der Waals surface area contributed by atoms with Crippen LogP contribution in [0.1, 0.15) is 17.2 Å². The quantitative estimate of drug-likeness (QED) is 0.635. The summed E-state index contributed by atoms with van der Waals surface area (Å²) >= 11 is 0. The van der Waals surface area contributed by atoms with Gasteiger partial charge in [0.25, 0.3) is 5.69 Å². The smallest absolute Gasteiger partial charge is 0.276 e. The molecule has 1 N–H and O–H groups in total. The third kappa shape index (κ3) is 4.12. The normalized spacial score (nSPS) is 17.4. The molecular weight excluding hydrogens is 361 g/mol. The lowest BCUT2D eigenvalue weighted by molar-refractivity contribution is -0.386. The molecule has 1 aliphatic rings. The zero-order valence-electron chi connectivity index (χ0n) is 14.4. The summed E-state index contributed by atoms with van der Waals surface area (Å²) in [5, 5.41) is 14.6. The Morgan fingerprint density at radius 1 is 1.31 bits per heavy atom. The Morgan fingerprint density at radius 2 is 2.08 bits per heavy atom. The molecule has 8 heteroatoms. The lowest BCUT2D eigenvalue weighted by atomic mass is 10.0. The molecule has 140 valence electrons. The van der Waals surface area contributed by atoms with Gasteiger partial charge in [0, 0.05) is 37.8 Å². The van der Waals surface area contributed by atoms with Crippen LogP contribution >= 0.6 is 12.4 Å². The van der Waals surface area contributed by atoms with Crippen molar-refractivity contribution in [3.05, 3.63) is 69.5 Å². The number of nitro benzene ring substituents is 1. The van der Waals surface area contributed by atoms with Gasteiger partial charge in [0.2, 0.25) is 0 Å². The standard InChI is InChI=1S/C18H20FN3O3.ClH/c1-25-18-8-3-2-5-13(18)17-11-20-9-10-21(17)12-14-15(19)6-4-7-16(14)22(23)24;/h2-8,17,20H,9-12H2,1H3;1H. The van der Waals surface area contributed by atoms with E-state index in [4.69, 9.17) is 4.74 Å². The van der Waals surface area contributed by atoms with Crippen LogP contribution in [-0.2, 0) is 6.54 Å². The van der Waals surface area contributed by atoms with Crippen LogP contribution in [0, 0.1) is 15.9 Å². The highest BCUT2D eigenvalue weighted by Crippen LogP contribution is 2.33. The third-order valence-electron chi connectivity index (χ3n) is 4.50. The van der Waals surface area contributed by atoms with Crippen molar-refractivity contribution in [1.82, 2.24) is 10.2 Å². The van der Waals surface area contributed by atoms with E-state index in [-0.39, 0.29) is 36.2 Å². The van der Waals surface area contributed by atoms with Gasteiger partial charge < -0.3 is 10.1 Å². The summed E-state index contributed by atoms with van der Waals surface area (Å²) in [5.74, 6) is 0.204. The van der Waals surface area contributed by atoms with Gasteiger partial charge in [0.15, 0.2) is 0 Å². The molecule has 0 aliphatic carbocycles. The van der Waals surface area contributed by atoms with E-state index in [2.05, 4.69) is 10.2 Å².